The molecular formula is C27H41P2+. The minimum absolute atomic E-state index is 0.00996. The van der Waals surface area contributed by atoms with E-state index in [2.05, 4.69) is 80.9 Å². The molecule has 2 heteroatoms. The summed E-state index contributed by atoms with van der Waals surface area (Å²) in [6.07, 6.45) is 12.2. The van der Waals surface area contributed by atoms with Crippen molar-refractivity contribution in [3.63, 3.8) is 0 Å². The van der Waals surface area contributed by atoms with Crippen LogP contribution >= 0.6 is 15.2 Å². The Morgan fingerprint density at radius 1 is 0.724 bits per heavy atom. The van der Waals surface area contributed by atoms with Crippen LogP contribution < -0.4 is 10.6 Å². The van der Waals surface area contributed by atoms with E-state index in [1.54, 1.807) is 0 Å². The molecule has 2 aromatic carbocycles. The van der Waals surface area contributed by atoms with Crippen molar-refractivity contribution >= 4 is 25.8 Å². The molecule has 2 aromatic rings. The second kappa shape index (κ2) is 13.4. The Bertz CT molecular complexity index is 651. The fourth-order valence-corrected chi connectivity index (χ4v) is 12.7. The molecule has 0 heterocycles. The summed E-state index contributed by atoms with van der Waals surface area (Å²) in [5, 5.41) is 4.55. The second-order valence-corrected chi connectivity index (χ2v) is 15.1. The summed E-state index contributed by atoms with van der Waals surface area (Å²) in [4.78, 5) is 0. The summed E-state index contributed by atoms with van der Waals surface area (Å²) in [6, 6.07) is 22.6. The van der Waals surface area contributed by atoms with Crippen molar-refractivity contribution in [2.75, 3.05) is 19.2 Å². The Morgan fingerprint density at radius 3 is 1.62 bits per heavy atom. The number of hydrogen-bond acceptors (Lipinski definition) is 0. The average Bonchev–Trinajstić information content (AvgIpc) is 2.75. The van der Waals surface area contributed by atoms with Crippen LogP contribution in [0.15, 0.2) is 72.6 Å². The average molecular weight is 428 g/mol. The van der Waals surface area contributed by atoms with E-state index in [-0.39, 0.29) is 7.92 Å². The first kappa shape index (κ1) is 24.3. The van der Waals surface area contributed by atoms with Crippen molar-refractivity contribution in [2.45, 2.75) is 64.7 Å². The highest BCUT2D eigenvalue weighted by molar-refractivity contribution is 7.98. The zero-order chi connectivity index (χ0) is 21.0. The maximum atomic E-state index is 4.75. The predicted octanol–water partition coefficient (Wildman–Crippen LogP) is 8.40. The van der Waals surface area contributed by atoms with Gasteiger partial charge in [-0.1, -0.05) is 103 Å². The molecule has 0 aliphatic heterocycles. The van der Waals surface area contributed by atoms with Crippen LogP contribution in [-0.4, -0.2) is 19.2 Å². The van der Waals surface area contributed by atoms with Crippen molar-refractivity contribution in [3.8, 4) is 0 Å². The van der Waals surface area contributed by atoms with E-state index >= 15 is 0 Å². The first-order valence-corrected chi connectivity index (χ1v) is 15.8. The number of rotatable bonds is 14. The second-order valence-electron chi connectivity index (χ2n) is 8.49. The van der Waals surface area contributed by atoms with E-state index in [0.29, 0.717) is 0 Å². The molecule has 0 nitrogen and oxygen atoms in total. The third-order valence-corrected chi connectivity index (χ3v) is 13.4. The van der Waals surface area contributed by atoms with Gasteiger partial charge in [0.25, 0.3) is 0 Å². The van der Waals surface area contributed by atoms with Crippen molar-refractivity contribution in [1.82, 2.24) is 0 Å². The normalized spacial score (nSPS) is 11.7. The molecule has 0 bridgehead atoms. The fourth-order valence-electron chi connectivity index (χ4n) is 4.22. The van der Waals surface area contributed by atoms with Gasteiger partial charge in [-0.3, -0.25) is 0 Å². The first-order chi connectivity index (χ1) is 14.1. The van der Waals surface area contributed by atoms with Gasteiger partial charge in [0.1, 0.15) is 17.9 Å². The molecule has 0 saturated heterocycles. The monoisotopic (exact) mass is 427 g/mol. The Kier molecular flexibility index (Phi) is 11.2. The van der Waals surface area contributed by atoms with E-state index in [9.17, 15) is 0 Å². The lowest BCUT2D eigenvalue weighted by Crippen LogP contribution is -2.25. The summed E-state index contributed by atoms with van der Waals surface area (Å²) in [6.45, 7) is 11.9. The van der Waals surface area contributed by atoms with Crippen molar-refractivity contribution in [3.05, 3.63) is 72.6 Å². The smallest absolute Gasteiger partial charge is 0.0720 e. The van der Waals surface area contributed by atoms with Crippen LogP contribution in [0.2, 0.25) is 0 Å². The van der Waals surface area contributed by atoms with E-state index in [0.717, 1.165) is 0 Å². The third kappa shape index (κ3) is 7.35. The zero-order valence-corrected chi connectivity index (χ0v) is 20.7. The van der Waals surface area contributed by atoms with Gasteiger partial charge < -0.3 is 0 Å². The van der Waals surface area contributed by atoms with Gasteiger partial charge in [0.2, 0.25) is 0 Å². The number of unbranched alkanes of at least 4 members (excludes halogenated alkanes) is 7. The topological polar surface area (TPSA) is 0 Å². The molecule has 0 saturated carbocycles. The van der Waals surface area contributed by atoms with Crippen LogP contribution in [-0.2, 0) is 0 Å². The Morgan fingerprint density at radius 2 is 1.17 bits per heavy atom. The molecule has 0 amide bonds. The minimum Gasteiger partial charge on any atom is -0.0720 e. The molecule has 158 valence electrons. The van der Waals surface area contributed by atoms with Gasteiger partial charge in [0.05, 0.1) is 11.2 Å². The van der Waals surface area contributed by atoms with Gasteiger partial charge in [0.15, 0.2) is 0 Å². The highest BCUT2D eigenvalue weighted by atomic mass is 31.2. The maximum absolute atomic E-state index is 4.75. The molecule has 0 aliphatic rings. The summed E-state index contributed by atoms with van der Waals surface area (Å²) in [5.74, 6) is 1.28. The van der Waals surface area contributed by atoms with Gasteiger partial charge in [-0.2, -0.15) is 0 Å². The molecule has 2 rings (SSSR count). The molecule has 0 aromatic heterocycles. The molecule has 29 heavy (non-hydrogen) atoms. The molecule has 0 unspecified atom stereocenters. The summed E-state index contributed by atoms with van der Waals surface area (Å²) < 4.78 is 0. The SMILES string of the molecule is C=C(CCCCCCCCCC)[P+](CP(C)C)(c1ccccc1)c1ccccc1. The lowest BCUT2D eigenvalue weighted by molar-refractivity contribution is 0.577. The van der Waals surface area contributed by atoms with E-state index in [1.165, 1.54) is 79.6 Å². The van der Waals surface area contributed by atoms with Crippen LogP contribution in [0.3, 0.4) is 0 Å². The lowest BCUT2D eigenvalue weighted by Gasteiger charge is -2.30. The molecular weight excluding hydrogens is 386 g/mol. The number of hydrogen-bond donors (Lipinski definition) is 0. The quantitative estimate of drug-likeness (QED) is 0.210. The van der Waals surface area contributed by atoms with Crippen LogP contribution in [0.1, 0.15) is 64.7 Å². The predicted molar refractivity (Wildman–Crippen MR) is 139 cm³/mol. The molecule has 0 aliphatic carbocycles. The zero-order valence-electron chi connectivity index (χ0n) is 18.9. The summed E-state index contributed by atoms with van der Waals surface area (Å²) in [7, 11) is -1.59. The fraction of sp³-hybridized carbons (Fsp3) is 0.481. The maximum Gasteiger partial charge on any atom is 0.111 e. The first-order valence-electron chi connectivity index (χ1n) is 11.4. The van der Waals surface area contributed by atoms with Crippen molar-refractivity contribution < 1.29 is 0 Å². The van der Waals surface area contributed by atoms with Gasteiger partial charge in [0, 0.05) is 6.42 Å². The van der Waals surface area contributed by atoms with Crippen LogP contribution in [0.4, 0.5) is 0 Å². The number of allylic oxidation sites excluding steroid dienone is 1. The molecule has 0 fully saturated rings. The van der Waals surface area contributed by atoms with Crippen molar-refractivity contribution in [2.24, 2.45) is 0 Å². The highest BCUT2D eigenvalue weighted by Gasteiger charge is 2.46. The van der Waals surface area contributed by atoms with Crippen LogP contribution in [0.5, 0.6) is 0 Å². The Labute approximate surface area is 182 Å². The minimum atomic E-state index is -1.58. The van der Waals surface area contributed by atoms with Crippen LogP contribution in [0.25, 0.3) is 0 Å². The van der Waals surface area contributed by atoms with E-state index in [4.69, 9.17) is 6.58 Å². The van der Waals surface area contributed by atoms with Gasteiger partial charge in [-0.05, 0) is 44.0 Å². The van der Waals surface area contributed by atoms with Gasteiger partial charge in [-0.15, -0.1) is 0 Å². The lowest BCUT2D eigenvalue weighted by atomic mass is 10.1. The number of benzene rings is 2. The largest absolute Gasteiger partial charge is 0.111 e. The van der Waals surface area contributed by atoms with E-state index in [1.807, 2.05) is 0 Å². The molecule has 0 N–H and O–H groups in total. The highest BCUT2D eigenvalue weighted by Crippen LogP contribution is 2.68. The third-order valence-electron chi connectivity index (χ3n) is 5.75. The molecule has 0 atom stereocenters. The van der Waals surface area contributed by atoms with E-state index < -0.39 is 7.26 Å². The molecule has 0 radical (unpaired) electrons. The van der Waals surface area contributed by atoms with Gasteiger partial charge in [-0.25, -0.2) is 0 Å². The molecule has 0 spiro atoms. The standard InChI is InChI=1S/C27H41P2/c1-5-6-7-8-9-10-11-14-19-25(2)29(24-28(3)4,26-20-15-12-16-21-26)27-22-17-13-18-23-27/h12-13,15-18,20-23H,2,5-11,14,19,24H2,1,3-4H3/q+1. The van der Waals surface area contributed by atoms with Crippen molar-refractivity contribution in [1.29, 1.82) is 0 Å². The summed E-state index contributed by atoms with van der Waals surface area (Å²) >= 11 is 0. The van der Waals surface area contributed by atoms with Crippen LogP contribution in [0, 0.1) is 0 Å². The Hall–Kier alpha value is -0.960. The Balaban J connectivity index is 2.13. The van der Waals surface area contributed by atoms with Gasteiger partial charge >= 0.3 is 0 Å². The summed E-state index contributed by atoms with van der Waals surface area (Å²) in [5.41, 5.74) is 0.